The third-order valence-electron chi connectivity index (χ3n) is 2.41. The molecule has 0 spiro atoms. The number of rotatable bonds is 4. The van der Waals surface area contributed by atoms with E-state index in [4.69, 9.17) is 9.47 Å². The minimum absolute atomic E-state index is 0.235. The summed E-state index contributed by atoms with van der Waals surface area (Å²) in [6.07, 6.45) is 5.40. The highest BCUT2D eigenvalue weighted by molar-refractivity contribution is 5.13. The molecule has 0 saturated carbocycles. The van der Waals surface area contributed by atoms with E-state index in [2.05, 4.69) is 18.2 Å². The summed E-state index contributed by atoms with van der Waals surface area (Å²) < 4.78 is 11.1. The fourth-order valence-electron chi connectivity index (χ4n) is 1.57. The maximum absolute atomic E-state index is 5.60. The molecule has 0 unspecified atom stereocenters. The second kappa shape index (κ2) is 5.69. The Bertz CT molecular complexity index is 306. The van der Waals surface area contributed by atoms with Crippen LogP contribution >= 0.6 is 0 Å². The van der Waals surface area contributed by atoms with Gasteiger partial charge >= 0.3 is 0 Å². The molecule has 1 aliphatic rings. The summed E-state index contributed by atoms with van der Waals surface area (Å²) in [4.78, 5) is 0. The van der Waals surface area contributed by atoms with Crippen LogP contribution in [0.4, 0.5) is 0 Å². The van der Waals surface area contributed by atoms with Gasteiger partial charge in [0.1, 0.15) is 0 Å². The molecule has 1 aromatic rings. The van der Waals surface area contributed by atoms with E-state index in [0.717, 1.165) is 13.0 Å². The van der Waals surface area contributed by atoms with Gasteiger partial charge in [-0.25, -0.2) is 0 Å². The third-order valence-corrected chi connectivity index (χ3v) is 2.41. The molecule has 1 aliphatic heterocycles. The number of hydrogen-bond acceptors (Lipinski definition) is 2. The summed E-state index contributed by atoms with van der Waals surface area (Å²) >= 11 is 0. The summed E-state index contributed by atoms with van der Waals surface area (Å²) in [5, 5.41) is 0. The van der Waals surface area contributed by atoms with Crippen LogP contribution in [0, 0.1) is 0 Å². The van der Waals surface area contributed by atoms with E-state index in [1.54, 1.807) is 0 Å². The molecular formula is C13H16O2. The van der Waals surface area contributed by atoms with Crippen molar-refractivity contribution >= 4 is 0 Å². The van der Waals surface area contributed by atoms with Gasteiger partial charge in [0.05, 0.1) is 25.9 Å². The van der Waals surface area contributed by atoms with Crippen LogP contribution in [0.3, 0.4) is 0 Å². The molecule has 1 aromatic carbocycles. The van der Waals surface area contributed by atoms with Crippen molar-refractivity contribution in [3.8, 4) is 0 Å². The van der Waals surface area contributed by atoms with Crippen molar-refractivity contribution in [2.45, 2.75) is 19.1 Å². The Kier molecular flexibility index (Phi) is 3.94. The van der Waals surface area contributed by atoms with E-state index in [0.29, 0.717) is 13.2 Å². The zero-order valence-corrected chi connectivity index (χ0v) is 8.76. The Morgan fingerprint density at radius 2 is 2.07 bits per heavy atom. The van der Waals surface area contributed by atoms with E-state index in [9.17, 15) is 0 Å². The molecular weight excluding hydrogens is 188 g/mol. The number of benzene rings is 1. The molecule has 0 N–H and O–H groups in total. The largest absolute Gasteiger partial charge is 0.374 e. The molecule has 2 nitrogen and oxygen atoms in total. The van der Waals surface area contributed by atoms with Crippen LogP contribution in [0.1, 0.15) is 12.0 Å². The second-order valence-corrected chi connectivity index (χ2v) is 3.66. The predicted octanol–water partition coefficient (Wildman–Crippen LogP) is 2.55. The van der Waals surface area contributed by atoms with Crippen LogP contribution in [0.25, 0.3) is 0 Å². The van der Waals surface area contributed by atoms with Crippen molar-refractivity contribution in [1.82, 2.24) is 0 Å². The van der Waals surface area contributed by atoms with Crippen molar-refractivity contribution in [2.24, 2.45) is 0 Å². The highest BCUT2D eigenvalue weighted by Crippen LogP contribution is 2.08. The van der Waals surface area contributed by atoms with Crippen molar-refractivity contribution in [3.05, 3.63) is 48.0 Å². The summed E-state index contributed by atoms with van der Waals surface area (Å²) in [5.74, 6) is 0. The third kappa shape index (κ3) is 3.50. The number of hydrogen-bond donors (Lipinski definition) is 0. The van der Waals surface area contributed by atoms with Gasteiger partial charge in [-0.3, -0.25) is 0 Å². The summed E-state index contributed by atoms with van der Waals surface area (Å²) in [6.45, 7) is 2.07. The Labute approximate surface area is 90.5 Å². The van der Waals surface area contributed by atoms with Gasteiger partial charge in [-0.2, -0.15) is 0 Å². The molecule has 15 heavy (non-hydrogen) atoms. The quantitative estimate of drug-likeness (QED) is 0.702. The van der Waals surface area contributed by atoms with Crippen LogP contribution < -0.4 is 0 Å². The van der Waals surface area contributed by atoms with Gasteiger partial charge in [0.15, 0.2) is 0 Å². The smallest absolute Gasteiger partial charge is 0.0847 e. The van der Waals surface area contributed by atoms with Crippen LogP contribution in [0.5, 0.6) is 0 Å². The van der Waals surface area contributed by atoms with E-state index in [1.165, 1.54) is 5.56 Å². The van der Waals surface area contributed by atoms with E-state index in [-0.39, 0.29) is 6.10 Å². The highest BCUT2D eigenvalue weighted by Gasteiger charge is 2.09. The Hall–Kier alpha value is -1.12. The summed E-state index contributed by atoms with van der Waals surface area (Å²) in [6, 6.07) is 10.2. The van der Waals surface area contributed by atoms with E-state index >= 15 is 0 Å². The molecule has 2 heteroatoms. The van der Waals surface area contributed by atoms with Gasteiger partial charge in [-0.05, 0) is 12.0 Å². The molecule has 0 saturated heterocycles. The van der Waals surface area contributed by atoms with Crippen molar-refractivity contribution < 1.29 is 9.47 Å². The molecule has 2 rings (SSSR count). The van der Waals surface area contributed by atoms with E-state index < -0.39 is 0 Å². The maximum Gasteiger partial charge on any atom is 0.0847 e. The van der Waals surface area contributed by atoms with Crippen LogP contribution in [-0.4, -0.2) is 19.3 Å². The Morgan fingerprint density at radius 3 is 2.80 bits per heavy atom. The lowest BCUT2D eigenvalue weighted by Crippen LogP contribution is -2.21. The average Bonchev–Trinajstić information content (AvgIpc) is 2.32. The molecule has 0 amide bonds. The summed E-state index contributed by atoms with van der Waals surface area (Å²) in [7, 11) is 0. The Balaban J connectivity index is 1.68. The zero-order valence-electron chi connectivity index (χ0n) is 8.76. The molecule has 0 aromatic heterocycles. The van der Waals surface area contributed by atoms with Gasteiger partial charge in [0, 0.05) is 0 Å². The molecule has 0 aliphatic carbocycles. The minimum Gasteiger partial charge on any atom is -0.374 e. The lowest BCUT2D eigenvalue weighted by Gasteiger charge is -2.18. The first kappa shape index (κ1) is 10.4. The van der Waals surface area contributed by atoms with Gasteiger partial charge in [0.25, 0.3) is 0 Å². The Morgan fingerprint density at radius 1 is 1.20 bits per heavy atom. The SMILES string of the molecule is C1=CC[C@@H](COCc2ccccc2)OC1. The fraction of sp³-hybridized carbons (Fsp3) is 0.385. The predicted molar refractivity (Wildman–Crippen MR) is 59.6 cm³/mol. The molecule has 0 fully saturated rings. The van der Waals surface area contributed by atoms with Crippen LogP contribution in [0.2, 0.25) is 0 Å². The second-order valence-electron chi connectivity index (χ2n) is 3.66. The van der Waals surface area contributed by atoms with Crippen molar-refractivity contribution in [2.75, 3.05) is 13.2 Å². The average molecular weight is 204 g/mol. The first-order chi connectivity index (χ1) is 7.45. The first-order valence-corrected chi connectivity index (χ1v) is 5.33. The van der Waals surface area contributed by atoms with Crippen molar-refractivity contribution in [1.29, 1.82) is 0 Å². The normalized spacial score (nSPS) is 20.4. The lowest BCUT2D eigenvalue weighted by atomic mass is 10.2. The highest BCUT2D eigenvalue weighted by atomic mass is 16.5. The zero-order chi connectivity index (χ0) is 10.3. The first-order valence-electron chi connectivity index (χ1n) is 5.33. The van der Waals surface area contributed by atoms with Gasteiger partial charge in [-0.15, -0.1) is 0 Å². The van der Waals surface area contributed by atoms with Gasteiger partial charge in [-0.1, -0.05) is 42.5 Å². The monoisotopic (exact) mass is 204 g/mol. The molecule has 0 radical (unpaired) electrons. The maximum atomic E-state index is 5.60. The van der Waals surface area contributed by atoms with E-state index in [1.807, 2.05) is 24.3 Å². The van der Waals surface area contributed by atoms with Crippen LogP contribution in [-0.2, 0) is 16.1 Å². The minimum atomic E-state index is 0.235. The van der Waals surface area contributed by atoms with Crippen molar-refractivity contribution in [3.63, 3.8) is 0 Å². The molecule has 1 heterocycles. The topological polar surface area (TPSA) is 18.5 Å². The molecule has 80 valence electrons. The summed E-state index contributed by atoms with van der Waals surface area (Å²) in [5.41, 5.74) is 1.21. The fourth-order valence-corrected chi connectivity index (χ4v) is 1.57. The van der Waals surface area contributed by atoms with Gasteiger partial charge in [0.2, 0.25) is 0 Å². The molecule has 0 bridgehead atoms. The molecule has 1 atom stereocenters. The number of ether oxygens (including phenoxy) is 2. The lowest BCUT2D eigenvalue weighted by molar-refractivity contribution is -0.0143. The standard InChI is InChI=1S/C13H16O2/c1-2-6-12(7-3-1)10-14-11-13-8-4-5-9-15-13/h1-7,13H,8-11H2/t13-/m0/s1. The van der Waals surface area contributed by atoms with Crippen LogP contribution in [0.15, 0.2) is 42.5 Å². The van der Waals surface area contributed by atoms with Gasteiger partial charge < -0.3 is 9.47 Å².